The monoisotopic (exact) mass is 252 g/mol. The fraction of sp³-hybridized carbons (Fsp3) is 0.800. The van der Waals surface area contributed by atoms with Crippen LogP contribution in [0.15, 0.2) is 0 Å². The van der Waals surface area contributed by atoms with E-state index in [-0.39, 0.29) is 24.2 Å². The van der Waals surface area contributed by atoms with Crippen molar-refractivity contribution < 1.29 is 14.7 Å². The van der Waals surface area contributed by atoms with Crippen molar-refractivity contribution in [2.45, 2.75) is 39.8 Å². The molecule has 0 radical (unpaired) electrons. The minimum Gasteiger partial charge on any atom is -0.480 e. The largest absolute Gasteiger partial charge is 0.480 e. The summed E-state index contributed by atoms with van der Waals surface area (Å²) in [5, 5.41) is 11.3. The quantitative estimate of drug-likeness (QED) is 0.669. The number of aliphatic carboxylic acids is 1. The van der Waals surface area contributed by atoms with Crippen LogP contribution in [0.1, 0.15) is 27.7 Å². The van der Waals surface area contributed by atoms with Crippen molar-refractivity contribution in [3.63, 3.8) is 0 Å². The van der Waals surface area contributed by atoms with Gasteiger partial charge in [-0.1, -0.05) is 27.7 Å². The van der Waals surface area contributed by atoms with Crippen LogP contribution in [0, 0.1) is 11.8 Å². The molecule has 1 amide bonds. The van der Waals surface area contributed by atoms with E-state index in [4.69, 9.17) is 10.8 Å². The Kier molecular flexibility index (Phi) is 8.20. The van der Waals surface area contributed by atoms with Gasteiger partial charge in [0.15, 0.2) is 0 Å². The molecule has 4 N–H and O–H groups in total. The highest BCUT2D eigenvalue weighted by Crippen LogP contribution is 2.04. The second-order valence-corrected chi connectivity index (χ2v) is 4.34. The molecule has 0 aliphatic carbocycles. The van der Waals surface area contributed by atoms with E-state index in [0.29, 0.717) is 0 Å². The smallest absolute Gasteiger partial charge is 0.326 e. The average molecular weight is 253 g/mol. The first-order valence-corrected chi connectivity index (χ1v) is 5.06. The highest BCUT2D eigenvalue weighted by Gasteiger charge is 2.26. The lowest BCUT2D eigenvalue weighted by Gasteiger charge is -2.21. The van der Waals surface area contributed by atoms with E-state index in [1.54, 1.807) is 13.8 Å². The summed E-state index contributed by atoms with van der Waals surface area (Å²) in [6.07, 6.45) is 0. The van der Waals surface area contributed by atoms with Crippen LogP contribution in [0.2, 0.25) is 0 Å². The third-order valence-electron chi connectivity index (χ3n) is 2.25. The third kappa shape index (κ3) is 5.32. The summed E-state index contributed by atoms with van der Waals surface area (Å²) >= 11 is 0. The molecule has 0 rings (SSSR count). The summed E-state index contributed by atoms with van der Waals surface area (Å²) in [4.78, 5) is 22.3. The van der Waals surface area contributed by atoms with Gasteiger partial charge in [0.25, 0.3) is 0 Å². The molecule has 0 spiro atoms. The fourth-order valence-electron chi connectivity index (χ4n) is 1.07. The fourth-order valence-corrected chi connectivity index (χ4v) is 1.07. The number of hydrogen-bond donors (Lipinski definition) is 3. The van der Waals surface area contributed by atoms with Gasteiger partial charge in [-0.3, -0.25) is 4.79 Å². The van der Waals surface area contributed by atoms with Crippen molar-refractivity contribution in [2.75, 3.05) is 0 Å². The minimum absolute atomic E-state index is 0. The van der Waals surface area contributed by atoms with E-state index in [9.17, 15) is 9.59 Å². The number of rotatable bonds is 5. The number of halogens is 1. The van der Waals surface area contributed by atoms with Gasteiger partial charge < -0.3 is 16.2 Å². The predicted molar refractivity (Wildman–Crippen MR) is 64.5 cm³/mol. The van der Waals surface area contributed by atoms with E-state index in [1.807, 2.05) is 13.8 Å². The van der Waals surface area contributed by atoms with Crippen molar-refractivity contribution in [3.8, 4) is 0 Å². The molecule has 0 heterocycles. The maximum Gasteiger partial charge on any atom is 0.326 e. The minimum atomic E-state index is -1.03. The topological polar surface area (TPSA) is 92.4 Å². The lowest BCUT2D eigenvalue weighted by atomic mass is 10.0. The predicted octanol–water partition coefficient (Wildman–Crippen LogP) is 0.617. The van der Waals surface area contributed by atoms with Crippen LogP contribution >= 0.6 is 12.4 Å². The third-order valence-corrected chi connectivity index (χ3v) is 2.25. The molecule has 96 valence electrons. The zero-order valence-corrected chi connectivity index (χ0v) is 10.9. The molecule has 0 unspecified atom stereocenters. The number of carboxylic acids is 1. The maximum absolute atomic E-state index is 11.5. The SMILES string of the molecule is CC(C)[C@H](N)C(=O)N[C@@H](C(=O)O)C(C)C.Cl. The Labute approximate surface area is 102 Å². The highest BCUT2D eigenvalue weighted by atomic mass is 35.5. The molecule has 0 saturated carbocycles. The Morgan fingerprint density at radius 3 is 1.81 bits per heavy atom. The first-order valence-electron chi connectivity index (χ1n) is 5.06. The standard InChI is InChI=1S/C10H20N2O3.ClH/c1-5(2)7(11)9(13)12-8(6(3)4)10(14)15;/h5-8H,11H2,1-4H3,(H,12,13)(H,14,15);1H/t7-,8+;/m0./s1. The molecule has 0 aromatic carbocycles. The summed E-state index contributed by atoms with van der Waals surface area (Å²) < 4.78 is 0. The Morgan fingerprint density at radius 1 is 1.12 bits per heavy atom. The lowest BCUT2D eigenvalue weighted by molar-refractivity contribution is -0.143. The van der Waals surface area contributed by atoms with Gasteiger partial charge in [-0.15, -0.1) is 12.4 Å². The van der Waals surface area contributed by atoms with Gasteiger partial charge in [-0.2, -0.15) is 0 Å². The molecular weight excluding hydrogens is 232 g/mol. The summed E-state index contributed by atoms with van der Waals surface area (Å²) in [5.74, 6) is -1.61. The number of nitrogens with one attached hydrogen (secondary N) is 1. The van der Waals surface area contributed by atoms with Gasteiger partial charge in [0.05, 0.1) is 6.04 Å². The van der Waals surface area contributed by atoms with E-state index in [0.717, 1.165) is 0 Å². The number of carboxylic acid groups (broad SMARTS) is 1. The second-order valence-electron chi connectivity index (χ2n) is 4.34. The average Bonchev–Trinajstić information content (AvgIpc) is 2.11. The summed E-state index contributed by atoms with van der Waals surface area (Å²) in [7, 11) is 0. The molecule has 0 bridgehead atoms. The number of nitrogens with two attached hydrogens (primary N) is 1. The Balaban J connectivity index is 0. The van der Waals surface area contributed by atoms with E-state index >= 15 is 0 Å². The van der Waals surface area contributed by atoms with Crippen LogP contribution in [0.5, 0.6) is 0 Å². The van der Waals surface area contributed by atoms with Gasteiger partial charge >= 0.3 is 5.97 Å². The molecule has 0 aromatic rings. The van der Waals surface area contributed by atoms with Crippen molar-refractivity contribution in [1.82, 2.24) is 5.32 Å². The van der Waals surface area contributed by atoms with Crippen molar-refractivity contribution in [3.05, 3.63) is 0 Å². The first-order chi connectivity index (χ1) is 6.77. The van der Waals surface area contributed by atoms with Gasteiger partial charge in [0, 0.05) is 0 Å². The molecule has 6 heteroatoms. The Morgan fingerprint density at radius 2 is 1.56 bits per heavy atom. The zero-order valence-electron chi connectivity index (χ0n) is 10.1. The van der Waals surface area contributed by atoms with Crippen LogP contribution in [0.25, 0.3) is 0 Å². The number of carbonyl (C=O) groups is 2. The maximum atomic E-state index is 11.5. The molecule has 0 fully saturated rings. The molecule has 0 saturated heterocycles. The zero-order chi connectivity index (χ0) is 12.2. The Bertz CT molecular complexity index is 244. The van der Waals surface area contributed by atoms with Gasteiger partial charge in [0.1, 0.15) is 6.04 Å². The number of carbonyl (C=O) groups excluding carboxylic acids is 1. The highest BCUT2D eigenvalue weighted by molar-refractivity contribution is 5.87. The van der Waals surface area contributed by atoms with Crippen molar-refractivity contribution >= 4 is 24.3 Å². The van der Waals surface area contributed by atoms with Gasteiger partial charge in [-0.05, 0) is 11.8 Å². The van der Waals surface area contributed by atoms with Crippen LogP contribution in [-0.4, -0.2) is 29.1 Å². The van der Waals surface area contributed by atoms with Crippen LogP contribution in [-0.2, 0) is 9.59 Å². The summed E-state index contributed by atoms with van der Waals surface area (Å²) in [6.45, 7) is 7.10. The van der Waals surface area contributed by atoms with Crippen LogP contribution < -0.4 is 11.1 Å². The molecule has 0 aliphatic heterocycles. The molecule has 2 atom stereocenters. The van der Waals surface area contributed by atoms with E-state index in [1.165, 1.54) is 0 Å². The first kappa shape index (κ1) is 17.6. The summed E-state index contributed by atoms with van der Waals surface area (Å²) in [6, 6.07) is -1.53. The van der Waals surface area contributed by atoms with E-state index in [2.05, 4.69) is 5.32 Å². The van der Waals surface area contributed by atoms with Crippen molar-refractivity contribution in [1.29, 1.82) is 0 Å². The van der Waals surface area contributed by atoms with Crippen LogP contribution in [0.4, 0.5) is 0 Å². The van der Waals surface area contributed by atoms with Gasteiger partial charge in [-0.25, -0.2) is 4.79 Å². The van der Waals surface area contributed by atoms with E-state index < -0.39 is 24.0 Å². The number of hydrogen-bond acceptors (Lipinski definition) is 3. The van der Waals surface area contributed by atoms with Crippen LogP contribution in [0.3, 0.4) is 0 Å². The molecule has 0 aliphatic rings. The molecular formula is C10H21ClN2O3. The molecule has 5 nitrogen and oxygen atoms in total. The summed E-state index contributed by atoms with van der Waals surface area (Å²) in [5.41, 5.74) is 5.60. The number of amides is 1. The molecule has 16 heavy (non-hydrogen) atoms. The normalized spacial score (nSPS) is 14.2. The van der Waals surface area contributed by atoms with Gasteiger partial charge in [0.2, 0.25) is 5.91 Å². The lowest BCUT2D eigenvalue weighted by Crippen LogP contribution is -2.52. The van der Waals surface area contributed by atoms with Crippen molar-refractivity contribution in [2.24, 2.45) is 17.6 Å². The second kappa shape index (κ2) is 7.46. The Hall–Kier alpha value is -0.810. The molecule has 0 aromatic heterocycles.